The molecule has 392 valence electrons. The van der Waals surface area contributed by atoms with Gasteiger partial charge in [-0.25, -0.2) is 29.1 Å². The smallest absolute Gasteiger partial charge is 0.390 e. The van der Waals surface area contributed by atoms with Crippen LogP contribution in [0.2, 0.25) is 0 Å². The van der Waals surface area contributed by atoms with Crippen molar-refractivity contribution in [3.05, 3.63) is 21.9 Å². The van der Waals surface area contributed by atoms with Gasteiger partial charge in [-0.1, -0.05) is 121 Å². The van der Waals surface area contributed by atoms with Gasteiger partial charge < -0.3 is 56.2 Å². The molecule has 0 spiro atoms. The number of aromatic amines is 2. The number of hydrogen-bond acceptors (Lipinski definition) is 19. The number of anilines is 2. The van der Waals surface area contributed by atoms with Crippen molar-refractivity contribution in [1.82, 2.24) is 44.4 Å². The topological polar surface area (TPSA) is 345 Å². The van der Waals surface area contributed by atoms with E-state index in [4.69, 9.17) is 63.5 Å². The number of nitrogens with two attached hydrogens (primary N) is 2. The highest BCUT2D eigenvalue weighted by molar-refractivity contribution is 7.71. The Balaban J connectivity index is 0.926. The quantitative estimate of drug-likeness (QED) is 0.0137. The first kappa shape index (κ1) is 56.0. The van der Waals surface area contributed by atoms with Gasteiger partial charge in [-0.15, -0.1) is 0 Å². The molecule has 24 nitrogen and oxygen atoms in total. The predicted octanol–water partition coefficient (Wildman–Crippen LogP) is 6.86. The van der Waals surface area contributed by atoms with Gasteiger partial charge in [0.2, 0.25) is 5.91 Å². The van der Waals surface area contributed by atoms with Crippen molar-refractivity contribution >= 4 is 80.2 Å². The number of ether oxygens (including phenoxy) is 2. The summed E-state index contributed by atoms with van der Waals surface area (Å²) in [6.07, 6.45) is 12.6. The molecule has 9 atom stereocenters. The van der Waals surface area contributed by atoms with Crippen LogP contribution in [-0.2, 0) is 41.5 Å². The van der Waals surface area contributed by atoms with Crippen LogP contribution in [0.15, 0.2) is 12.7 Å². The highest BCUT2D eigenvalue weighted by Crippen LogP contribution is 2.51. The molecular formula is C42H69N11O13P2S2. The Labute approximate surface area is 416 Å². The lowest BCUT2D eigenvalue weighted by molar-refractivity contribution is -0.121. The Bertz CT molecular complexity index is 2510. The van der Waals surface area contributed by atoms with Gasteiger partial charge in [0, 0.05) is 19.4 Å². The molecule has 0 aromatic carbocycles. The number of rotatable bonds is 32. The molecule has 2 aliphatic heterocycles. The van der Waals surface area contributed by atoms with Gasteiger partial charge in [-0.3, -0.25) is 32.0 Å². The van der Waals surface area contributed by atoms with Gasteiger partial charge >= 0.3 is 15.6 Å². The van der Waals surface area contributed by atoms with Crippen molar-refractivity contribution in [1.29, 1.82) is 0 Å². The van der Waals surface area contributed by atoms with Crippen LogP contribution in [-0.4, -0.2) is 122 Å². The average molecular weight is 1060 g/mol. The number of H-pyrrole nitrogens is 2. The van der Waals surface area contributed by atoms with Crippen LogP contribution in [0.3, 0.4) is 0 Å². The van der Waals surface area contributed by atoms with Gasteiger partial charge in [0.25, 0.3) is 0 Å². The third kappa shape index (κ3) is 16.3. The maximum absolute atomic E-state index is 13.5. The van der Waals surface area contributed by atoms with Crippen molar-refractivity contribution in [2.75, 3.05) is 37.8 Å². The van der Waals surface area contributed by atoms with Crippen LogP contribution in [0.1, 0.15) is 141 Å². The zero-order chi connectivity index (χ0) is 50.3. The summed E-state index contributed by atoms with van der Waals surface area (Å²) in [7, 11) is -9.86. The number of nitrogens with zero attached hydrogens (tertiary/aromatic N) is 6. The first-order valence-corrected chi connectivity index (χ1v) is 28.0. The number of aliphatic hydroxyl groups excluding tert-OH is 2. The fraction of sp³-hybridized carbons (Fsp3) is 0.738. The number of aromatic nitrogens is 8. The molecule has 4 aromatic heterocycles. The van der Waals surface area contributed by atoms with Crippen molar-refractivity contribution in [2.45, 2.75) is 172 Å². The summed E-state index contributed by atoms with van der Waals surface area (Å²) < 4.78 is 62.7. The summed E-state index contributed by atoms with van der Waals surface area (Å²) in [5.41, 5.74) is 12.8. The van der Waals surface area contributed by atoms with Crippen molar-refractivity contribution in [2.24, 2.45) is 0 Å². The van der Waals surface area contributed by atoms with Gasteiger partial charge in [-0.05, 0) is 19.3 Å². The van der Waals surface area contributed by atoms with Gasteiger partial charge in [-0.2, -0.15) is 0 Å². The number of phosphoric acid groups is 2. The Hall–Kier alpha value is -3.33. The molecule has 0 bridgehead atoms. The second-order valence-electron chi connectivity index (χ2n) is 17.7. The lowest BCUT2D eigenvalue weighted by atomic mass is 10.0. The Kier molecular flexibility index (Phi) is 21.7. The van der Waals surface area contributed by atoms with Crippen LogP contribution in [0.4, 0.5) is 11.9 Å². The molecule has 70 heavy (non-hydrogen) atoms. The first-order chi connectivity index (χ1) is 33.6. The largest absolute Gasteiger partial charge is 0.472 e. The Morgan fingerprint density at radius 3 is 1.91 bits per heavy atom. The van der Waals surface area contributed by atoms with Crippen LogP contribution >= 0.6 is 40.1 Å². The van der Waals surface area contributed by atoms with E-state index in [0.29, 0.717) is 37.0 Å². The number of unbranched alkanes of at least 4 members (excludes halogenated alkanes) is 15. The molecule has 0 radical (unpaired) electrons. The maximum atomic E-state index is 13.5. The number of fused-ring (bicyclic) bond motifs is 2. The molecular weight excluding hydrogens is 993 g/mol. The summed E-state index contributed by atoms with van der Waals surface area (Å²) in [6.45, 7) is 1.25. The summed E-state index contributed by atoms with van der Waals surface area (Å²) in [5.74, 6) is 0.0126. The zero-order valence-electron chi connectivity index (χ0n) is 39.5. The second kappa shape index (κ2) is 27.1. The van der Waals surface area contributed by atoms with Gasteiger partial charge in [0.15, 0.2) is 27.4 Å². The average Bonchev–Trinajstić information content (AvgIpc) is 4.09. The molecule has 1 amide bonds. The number of carbonyl (C=O) groups excluding carboxylic acids is 1. The fourth-order valence-corrected chi connectivity index (χ4v) is 10.7. The van der Waals surface area contributed by atoms with E-state index in [1.54, 1.807) is 4.57 Å². The minimum atomic E-state index is -5.13. The van der Waals surface area contributed by atoms with E-state index in [1.807, 2.05) is 0 Å². The van der Waals surface area contributed by atoms with E-state index in [0.717, 1.165) is 32.1 Å². The molecule has 6 rings (SSSR count). The van der Waals surface area contributed by atoms with E-state index in [9.17, 15) is 33.9 Å². The zero-order valence-corrected chi connectivity index (χ0v) is 42.9. The maximum Gasteiger partial charge on any atom is 0.472 e. The predicted molar refractivity (Wildman–Crippen MR) is 263 cm³/mol. The third-order valence-electron chi connectivity index (χ3n) is 12.2. The number of aliphatic hydroxyl groups is 2. The monoisotopic (exact) mass is 1060 g/mol. The van der Waals surface area contributed by atoms with Crippen LogP contribution in [0, 0.1) is 9.28 Å². The normalized spacial score (nSPS) is 23.3. The lowest BCUT2D eigenvalue weighted by Gasteiger charge is -2.24. The molecule has 4 aromatic rings. The summed E-state index contributed by atoms with van der Waals surface area (Å²) in [4.78, 5) is 55.9. The number of nitrogen functional groups attached to an aromatic ring is 2. The molecule has 28 heteroatoms. The number of carbonyl (C=O) groups is 1. The minimum absolute atomic E-state index is 0.0274. The molecule has 5 unspecified atom stereocenters. The summed E-state index contributed by atoms with van der Waals surface area (Å²) in [6, 6.07) is 0. The fourth-order valence-electron chi connectivity index (χ4n) is 8.50. The van der Waals surface area contributed by atoms with Crippen LogP contribution in [0.5, 0.6) is 0 Å². The standard InChI is InChI=1S/C42H69N11O13P2S2/c1-2-3-4-5-6-7-8-9-10-11-12-13-16-19-30(55)45-20-17-14-15-18-21-61-67(57,58)62-24-29-35(34(56)40(65-29)53-26-47-33-37(53)49-42(44)51-39(33)70)66-68(59,60)63-23-28-27(54)22-31(64-28)52-25-46-32-36(52)48-41(43)50-38(32)69/h25-29,31,34-35,40,54,56H,2-24H2,1H3,(H,45,55)(H,57,58)(H,59,60)(H3,43,48,50,69)(H3,44,49,51,70)/t27?,28-,29-,31-,34?,35?,40-/m1/s1. The number of amides is 1. The first-order valence-electron chi connectivity index (χ1n) is 24.2. The Morgan fingerprint density at radius 2 is 1.29 bits per heavy atom. The van der Waals surface area contributed by atoms with Crippen molar-refractivity contribution in [3.8, 4) is 0 Å². The van der Waals surface area contributed by atoms with E-state index < -0.39 is 71.8 Å². The van der Waals surface area contributed by atoms with E-state index in [-0.39, 0.29) is 51.3 Å². The summed E-state index contributed by atoms with van der Waals surface area (Å²) in [5, 5.41) is 25.4. The highest BCUT2D eigenvalue weighted by atomic mass is 32.1. The number of nitrogens with one attached hydrogen (secondary N) is 3. The van der Waals surface area contributed by atoms with Gasteiger partial charge in [0.05, 0.1) is 38.6 Å². The Morgan fingerprint density at radius 1 is 0.757 bits per heavy atom. The number of imidazole rings is 2. The van der Waals surface area contributed by atoms with Crippen molar-refractivity contribution < 1.29 is 61.5 Å². The van der Waals surface area contributed by atoms with Crippen LogP contribution in [0.25, 0.3) is 22.3 Å². The molecule has 2 aliphatic rings. The number of phosphoric ester groups is 2. The highest BCUT2D eigenvalue weighted by Gasteiger charge is 2.50. The minimum Gasteiger partial charge on any atom is -0.390 e. The van der Waals surface area contributed by atoms with Gasteiger partial charge in [0.1, 0.15) is 53.0 Å². The van der Waals surface area contributed by atoms with E-state index in [2.05, 4.69) is 42.1 Å². The van der Waals surface area contributed by atoms with Crippen LogP contribution < -0.4 is 16.8 Å². The molecule has 0 saturated carbocycles. The SMILES string of the molecule is CCCCCCCCCCCCCCCC(=O)NCCCCCCOP(=O)(O)OC[C@H]1O[C@@H](n2cnc3c(=S)nc(N)[nH]c32)C(O)C1OP(=O)(O)OC[C@H]1O[C@@H](n2cnc3c(=S)nc(N)[nH]c32)CC1O. The molecule has 11 N–H and O–H groups in total. The second-order valence-corrected chi connectivity index (χ2v) is 21.4. The third-order valence-corrected chi connectivity index (χ3v) is 14.8. The molecule has 6 heterocycles. The van der Waals surface area contributed by atoms with E-state index >= 15 is 0 Å². The summed E-state index contributed by atoms with van der Waals surface area (Å²) >= 11 is 10.5. The lowest BCUT2D eigenvalue weighted by Crippen LogP contribution is -2.36. The molecule has 2 fully saturated rings. The molecule has 2 saturated heterocycles. The van der Waals surface area contributed by atoms with E-state index in [1.165, 1.54) is 81.4 Å². The molecule has 0 aliphatic carbocycles. The number of hydrogen-bond donors (Lipinski definition) is 9. The van der Waals surface area contributed by atoms with Crippen molar-refractivity contribution in [3.63, 3.8) is 0 Å².